The van der Waals surface area contributed by atoms with Crippen LogP contribution >= 0.6 is 0 Å². The van der Waals surface area contributed by atoms with E-state index in [-0.39, 0.29) is 17.7 Å². The minimum absolute atomic E-state index is 0.132. The van der Waals surface area contributed by atoms with Crippen molar-refractivity contribution in [2.24, 2.45) is 5.92 Å². The van der Waals surface area contributed by atoms with E-state index in [1.165, 1.54) is 5.56 Å². The van der Waals surface area contributed by atoms with Crippen molar-refractivity contribution >= 4 is 11.8 Å². The van der Waals surface area contributed by atoms with Gasteiger partial charge in [-0.05, 0) is 43.9 Å². The number of hydrogen-bond acceptors (Lipinski definition) is 3. The van der Waals surface area contributed by atoms with Crippen LogP contribution in [0.2, 0.25) is 0 Å². The van der Waals surface area contributed by atoms with E-state index >= 15 is 0 Å². The molecule has 2 fully saturated rings. The van der Waals surface area contributed by atoms with Crippen LogP contribution in [0.3, 0.4) is 0 Å². The average molecular weight is 301 g/mol. The van der Waals surface area contributed by atoms with Gasteiger partial charge in [0.25, 0.3) is 0 Å². The number of amides is 2. The second kappa shape index (κ2) is 6.46. The predicted molar refractivity (Wildman–Crippen MR) is 83.0 cm³/mol. The maximum atomic E-state index is 12.7. The summed E-state index contributed by atoms with van der Waals surface area (Å²) in [5.74, 6) is 0.143. The highest BCUT2D eigenvalue weighted by molar-refractivity contribution is 5.89. The predicted octanol–water partition coefficient (Wildman–Crippen LogP) is 1.48. The Labute approximate surface area is 131 Å². The molecule has 3 rings (SSSR count). The Morgan fingerprint density at radius 2 is 2.09 bits per heavy atom. The third-order valence-electron chi connectivity index (χ3n) is 4.61. The molecular weight excluding hydrogens is 278 g/mol. The molecule has 118 valence electrons. The van der Waals surface area contributed by atoms with Crippen molar-refractivity contribution in [1.82, 2.24) is 14.8 Å². The van der Waals surface area contributed by atoms with Crippen molar-refractivity contribution in [2.75, 3.05) is 19.6 Å². The zero-order valence-electron chi connectivity index (χ0n) is 13.1. The van der Waals surface area contributed by atoms with Crippen LogP contribution in [-0.4, -0.2) is 52.3 Å². The lowest BCUT2D eigenvalue weighted by molar-refractivity contribution is -0.135. The van der Waals surface area contributed by atoms with Gasteiger partial charge in [0, 0.05) is 44.5 Å². The summed E-state index contributed by atoms with van der Waals surface area (Å²) in [7, 11) is 0. The molecule has 1 aromatic heterocycles. The second-order valence-electron chi connectivity index (χ2n) is 6.20. The fraction of sp³-hybridized carbons (Fsp3) is 0.588. The molecular formula is C17H23N3O2. The van der Waals surface area contributed by atoms with Crippen molar-refractivity contribution in [3.05, 3.63) is 30.1 Å². The Balaban J connectivity index is 1.56. The number of likely N-dealkylation sites (N-methyl/N-ethyl adjacent to an activating group) is 1. The summed E-state index contributed by atoms with van der Waals surface area (Å²) >= 11 is 0. The van der Waals surface area contributed by atoms with Crippen LogP contribution in [0.15, 0.2) is 24.5 Å². The molecule has 2 aliphatic rings. The maximum Gasteiger partial charge on any atom is 0.227 e. The summed E-state index contributed by atoms with van der Waals surface area (Å²) < 4.78 is 0. The van der Waals surface area contributed by atoms with Gasteiger partial charge in [-0.15, -0.1) is 0 Å². The lowest BCUT2D eigenvalue weighted by Gasteiger charge is -2.24. The molecule has 0 radical (unpaired) electrons. The number of carbonyl (C=O) groups excluding carboxylic acids is 2. The van der Waals surface area contributed by atoms with Crippen LogP contribution in [0.1, 0.15) is 31.7 Å². The van der Waals surface area contributed by atoms with E-state index < -0.39 is 0 Å². The fourth-order valence-corrected chi connectivity index (χ4v) is 3.13. The lowest BCUT2D eigenvalue weighted by Crippen LogP contribution is -2.38. The minimum atomic E-state index is -0.148. The van der Waals surface area contributed by atoms with E-state index in [2.05, 4.69) is 4.98 Å². The zero-order chi connectivity index (χ0) is 15.5. The smallest absolute Gasteiger partial charge is 0.227 e. The van der Waals surface area contributed by atoms with Crippen LogP contribution < -0.4 is 0 Å². The molecule has 0 aromatic carbocycles. The molecule has 1 aliphatic carbocycles. The van der Waals surface area contributed by atoms with Crippen molar-refractivity contribution in [3.8, 4) is 0 Å². The summed E-state index contributed by atoms with van der Waals surface area (Å²) in [5.41, 5.74) is 1.18. The topological polar surface area (TPSA) is 53.5 Å². The molecule has 5 nitrogen and oxygen atoms in total. The van der Waals surface area contributed by atoms with Crippen molar-refractivity contribution in [1.29, 1.82) is 0 Å². The van der Waals surface area contributed by atoms with E-state index in [0.29, 0.717) is 32.1 Å². The van der Waals surface area contributed by atoms with Gasteiger partial charge in [-0.1, -0.05) is 0 Å². The number of likely N-dealkylation sites (tertiary alicyclic amines) is 1. The quantitative estimate of drug-likeness (QED) is 0.800. The molecule has 1 atom stereocenters. The Kier molecular flexibility index (Phi) is 4.41. The number of aromatic nitrogens is 1. The van der Waals surface area contributed by atoms with Crippen molar-refractivity contribution in [3.63, 3.8) is 0 Å². The molecule has 1 saturated heterocycles. The van der Waals surface area contributed by atoms with Gasteiger partial charge in [-0.2, -0.15) is 0 Å². The third-order valence-corrected chi connectivity index (χ3v) is 4.61. The van der Waals surface area contributed by atoms with E-state index in [4.69, 9.17) is 0 Å². The molecule has 1 aromatic rings. The van der Waals surface area contributed by atoms with E-state index in [1.807, 2.05) is 28.9 Å². The Hall–Kier alpha value is -1.91. The van der Waals surface area contributed by atoms with Gasteiger partial charge < -0.3 is 9.80 Å². The van der Waals surface area contributed by atoms with Gasteiger partial charge in [-0.3, -0.25) is 14.6 Å². The van der Waals surface area contributed by atoms with Crippen LogP contribution in [0, 0.1) is 5.92 Å². The van der Waals surface area contributed by atoms with E-state index in [1.54, 1.807) is 12.4 Å². The van der Waals surface area contributed by atoms with Crippen LogP contribution in [0.4, 0.5) is 0 Å². The van der Waals surface area contributed by atoms with Gasteiger partial charge in [-0.25, -0.2) is 0 Å². The first-order chi connectivity index (χ1) is 10.7. The highest BCUT2D eigenvalue weighted by Gasteiger charge is 2.42. The molecule has 0 N–H and O–H groups in total. The monoisotopic (exact) mass is 301 g/mol. The Morgan fingerprint density at radius 3 is 2.73 bits per heavy atom. The van der Waals surface area contributed by atoms with E-state index in [9.17, 15) is 9.59 Å². The largest absolute Gasteiger partial charge is 0.342 e. The zero-order valence-corrected chi connectivity index (χ0v) is 13.1. The summed E-state index contributed by atoms with van der Waals surface area (Å²) in [6, 6.07) is 4.37. The van der Waals surface area contributed by atoms with Gasteiger partial charge in [0.1, 0.15) is 0 Å². The number of nitrogens with zero attached hydrogens (tertiary/aromatic N) is 3. The highest BCUT2D eigenvalue weighted by Crippen LogP contribution is 2.33. The molecule has 0 spiro atoms. The molecule has 2 amide bonds. The molecule has 1 unspecified atom stereocenters. The normalized spacial score (nSPS) is 21.2. The maximum absolute atomic E-state index is 12.7. The first kappa shape index (κ1) is 15.0. The van der Waals surface area contributed by atoms with Gasteiger partial charge in [0.2, 0.25) is 11.8 Å². The second-order valence-corrected chi connectivity index (χ2v) is 6.20. The highest BCUT2D eigenvalue weighted by atomic mass is 16.2. The van der Waals surface area contributed by atoms with Crippen LogP contribution in [0.25, 0.3) is 0 Å². The van der Waals surface area contributed by atoms with Gasteiger partial charge in [0.15, 0.2) is 0 Å². The summed E-state index contributed by atoms with van der Waals surface area (Å²) in [6.07, 6.45) is 6.97. The summed E-state index contributed by atoms with van der Waals surface area (Å²) in [6.45, 7) is 4.01. The minimum Gasteiger partial charge on any atom is -0.342 e. The Morgan fingerprint density at radius 1 is 1.36 bits per heavy atom. The molecule has 22 heavy (non-hydrogen) atoms. The molecule has 2 heterocycles. The SMILES string of the molecule is CCN(CCc1ccncc1)C(=O)C1CC(=O)N(C2CC2)C1. The number of rotatable bonds is 6. The third kappa shape index (κ3) is 3.29. The van der Waals surface area contributed by atoms with Crippen molar-refractivity contribution in [2.45, 2.75) is 38.6 Å². The first-order valence-corrected chi connectivity index (χ1v) is 8.16. The molecule has 0 bridgehead atoms. The van der Waals surface area contributed by atoms with Crippen LogP contribution in [0.5, 0.6) is 0 Å². The Bertz CT molecular complexity index is 542. The summed E-state index contributed by atoms with van der Waals surface area (Å²) in [4.78, 5) is 32.5. The van der Waals surface area contributed by atoms with E-state index in [0.717, 1.165) is 19.3 Å². The number of hydrogen-bond donors (Lipinski definition) is 0. The first-order valence-electron chi connectivity index (χ1n) is 8.16. The molecule has 5 heteroatoms. The molecule has 1 aliphatic heterocycles. The van der Waals surface area contributed by atoms with Crippen LogP contribution in [-0.2, 0) is 16.0 Å². The average Bonchev–Trinajstić information content (AvgIpc) is 3.31. The van der Waals surface area contributed by atoms with Gasteiger partial charge >= 0.3 is 0 Å². The number of carbonyl (C=O) groups is 2. The van der Waals surface area contributed by atoms with Gasteiger partial charge in [0.05, 0.1) is 5.92 Å². The van der Waals surface area contributed by atoms with Crippen molar-refractivity contribution < 1.29 is 9.59 Å². The molecule has 1 saturated carbocycles. The lowest BCUT2D eigenvalue weighted by atomic mass is 10.1. The number of pyridine rings is 1. The summed E-state index contributed by atoms with van der Waals surface area (Å²) in [5, 5.41) is 0. The fourth-order valence-electron chi connectivity index (χ4n) is 3.13. The standard InChI is InChI=1S/C17H23N3O2/c1-2-19(10-7-13-5-8-18-9-6-13)17(22)14-11-16(21)20(12-14)15-3-4-15/h5-6,8-9,14-15H,2-4,7,10-12H2,1H3.